The number of aryl methyl sites for hydroxylation is 1. The van der Waals surface area contributed by atoms with Gasteiger partial charge in [0.05, 0.1) is 23.4 Å². The van der Waals surface area contributed by atoms with Crippen LogP contribution in [0.15, 0.2) is 29.6 Å². The van der Waals surface area contributed by atoms with E-state index in [1.54, 1.807) is 11.3 Å². The van der Waals surface area contributed by atoms with Gasteiger partial charge in [0.1, 0.15) is 0 Å². The molecule has 2 aliphatic rings. The number of carbonyl (C=O) groups is 2. The van der Waals surface area contributed by atoms with Crippen molar-refractivity contribution in [2.24, 2.45) is 0 Å². The Morgan fingerprint density at radius 1 is 1.03 bits per heavy atom. The zero-order valence-electron chi connectivity index (χ0n) is 17.0. The van der Waals surface area contributed by atoms with E-state index in [0.29, 0.717) is 26.2 Å². The number of hydrogen-bond donors (Lipinski definition) is 1. The highest BCUT2D eigenvalue weighted by Gasteiger charge is 2.34. The molecule has 1 aromatic heterocycles. The molecule has 2 heterocycles. The summed E-state index contributed by atoms with van der Waals surface area (Å²) in [4.78, 5) is 30.3. The smallest absolute Gasteiger partial charge is 0.336 e. The van der Waals surface area contributed by atoms with Crippen LogP contribution in [0.5, 0.6) is 0 Å². The second-order valence-corrected chi connectivity index (χ2v) is 8.88. The molecule has 2 amide bonds. The van der Waals surface area contributed by atoms with Crippen molar-refractivity contribution in [3.05, 3.63) is 51.2 Å². The Morgan fingerprint density at radius 2 is 1.74 bits per heavy atom. The molecule has 1 aliphatic carbocycles. The minimum absolute atomic E-state index is 0.0118. The molecule has 1 N–H and O–H groups in total. The number of nitrogens with one attached hydrogen (secondary N) is 1. The van der Waals surface area contributed by atoms with E-state index in [4.69, 9.17) is 0 Å². The van der Waals surface area contributed by atoms with Crippen molar-refractivity contribution >= 4 is 28.8 Å². The van der Waals surface area contributed by atoms with Crippen molar-refractivity contribution in [2.45, 2.75) is 31.9 Å². The number of hydrogen-bond acceptors (Lipinski definition) is 4. The Kier molecular flexibility index (Phi) is 6.34. The van der Waals surface area contributed by atoms with Crippen LogP contribution in [0.2, 0.25) is 0 Å². The molecule has 2 aromatic rings. The minimum Gasteiger partial charge on any atom is -0.336 e. The van der Waals surface area contributed by atoms with Crippen molar-refractivity contribution in [1.29, 1.82) is 0 Å². The minimum atomic E-state index is -4.53. The lowest BCUT2D eigenvalue weighted by Gasteiger charge is -2.34. The number of nitrogens with zero attached hydrogens (tertiary/aromatic N) is 2. The summed E-state index contributed by atoms with van der Waals surface area (Å²) in [5.74, 6) is -0.453. The number of amides is 2. The van der Waals surface area contributed by atoms with Gasteiger partial charge in [-0.3, -0.25) is 14.5 Å². The molecule has 31 heavy (non-hydrogen) atoms. The Balaban J connectivity index is 1.31. The van der Waals surface area contributed by atoms with E-state index in [1.165, 1.54) is 35.1 Å². The summed E-state index contributed by atoms with van der Waals surface area (Å²) >= 11 is 1.67. The summed E-state index contributed by atoms with van der Waals surface area (Å²) in [6, 6.07) is 4.94. The fourth-order valence-corrected chi connectivity index (χ4v) is 5.30. The molecule has 0 saturated carbocycles. The first-order chi connectivity index (χ1) is 14.8. The molecule has 9 heteroatoms. The quantitative estimate of drug-likeness (QED) is 0.764. The van der Waals surface area contributed by atoms with Crippen LogP contribution in [-0.2, 0) is 23.8 Å². The highest BCUT2D eigenvalue weighted by atomic mass is 32.1. The van der Waals surface area contributed by atoms with Crippen LogP contribution < -0.4 is 5.32 Å². The highest BCUT2D eigenvalue weighted by Crippen LogP contribution is 2.34. The molecule has 0 spiro atoms. The monoisotopic (exact) mass is 451 g/mol. The van der Waals surface area contributed by atoms with Crippen LogP contribution in [-0.4, -0.2) is 54.3 Å². The molecule has 166 valence electrons. The summed E-state index contributed by atoms with van der Waals surface area (Å²) in [5, 5.41) is 4.34. The lowest BCUT2D eigenvalue weighted by atomic mass is 9.95. The molecule has 0 unspecified atom stereocenters. The number of piperazine rings is 1. The van der Waals surface area contributed by atoms with Crippen LogP contribution in [0, 0.1) is 0 Å². The third-order valence-electron chi connectivity index (χ3n) is 5.83. The zero-order valence-corrected chi connectivity index (χ0v) is 17.8. The normalized spacial score (nSPS) is 17.3. The van der Waals surface area contributed by atoms with Crippen LogP contribution in [0.1, 0.15) is 39.2 Å². The Hall–Kier alpha value is -2.39. The van der Waals surface area contributed by atoms with Gasteiger partial charge in [0.15, 0.2) is 0 Å². The number of rotatable bonds is 4. The van der Waals surface area contributed by atoms with E-state index in [-0.39, 0.29) is 18.1 Å². The van der Waals surface area contributed by atoms with E-state index in [0.717, 1.165) is 30.9 Å². The number of thiophene rings is 1. The van der Waals surface area contributed by atoms with Gasteiger partial charge in [-0.05, 0) is 43.4 Å². The molecule has 4 rings (SSSR count). The maximum atomic E-state index is 13.1. The summed E-state index contributed by atoms with van der Waals surface area (Å²) in [7, 11) is 0. The zero-order chi connectivity index (χ0) is 22.0. The first kappa shape index (κ1) is 21.8. The molecule has 1 saturated heterocycles. The van der Waals surface area contributed by atoms with Gasteiger partial charge >= 0.3 is 6.18 Å². The number of halogens is 3. The second-order valence-electron chi connectivity index (χ2n) is 7.92. The van der Waals surface area contributed by atoms with Gasteiger partial charge in [-0.2, -0.15) is 13.2 Å². The predicted octanol–water partition coefficient (Wildman–Crippen LogP) is 4.04. The van der Waals surface area contributed by atoms with Crippen molar-refractivity contribution in [3.8, 4) is 0 Å². The first-order valence-electron chi connectivity index (χ1n) is 10.4. The summed E-state index contributed by atoms with van der Waals surface area (Å²) in [6.07, 6.45) is -0.233. The third-order valence-corrected chi connectivity index (χ3v) is 6.91. The topological polar surface area (TPSA) is 52.7 Å². The number of benzene rings is 1. The average molecular weight is 452 g/mol. The number of para-hydroxylation sites is 1. The largest absolute Gasteiger partial charge is 0.418 e. The van der Waals surface area contributed by atoms with Gasteiger partial charge in [-0.25, -0.2) is 0 Å². The van der Waals surface area contributed by atoms with E-state index < -0.39 is 17.6 Å². The maximum absolute atomic E-state index is 13.1. The molecule has 0 atom stereocenters. The molecule has 0 bridgehead atoms. The molecule has 1 aliphatic heterocycles. The van der Waals surface area contributed by atoms with Crippen molar-refractivity contribution in [1.82, 2.24) is 9.80 Å². The van der Waals surface area contributed by atoms with Crippen LogP contribution >= 0.6 is 11.3 Å². The van der Waals surface area contributed by atoms with E-state index in [2.05, 4.69) is 5.32 Å². The number of fused-ring (bicyclic) bond motifs is 1. The maximum Gasteiger partial charge on any atom is 0.418 e. The average Bonchev–Trinajstić information content (AvgIpc) is 3.17. The predicted molar refractivity (Wildman–Crippen MR) is 113 cm³/mol. The first-order valence-corrected chi connectivity index (χ1v) is 11.3. The van der Waals surface area contributed by atoms with Gasteiger partial charge in [0.25, 0.3) is 5.91 Å². The Labute approximate surface area is 182 Å². The van der Waals surface area contributed by atoms with Gasteiger partial charge in [0, 0.05) is 36.4 Å². The van der Waals surface area contributed by atoms with Crippen molar-refractivity contribution in [2.75, 3.05) is 38.0 Å². The van der Waals surface area contributed by atoms with Crippen LogP contribution in [0.4, 0.5) is 18.9 Å². The fourth-order valence-electron chi connectivity index (χ4n) is 4.18. The van der Waals surface area contributed by atoms with Crippen molar-refractivity contribution in [3.63, 3.8) is 0 Å². The third kappa shape index (κ3) is 4.93. The van der Waals surface area contributed by atoms with E-state index >= 15 is 0 Å². The van der Waals surface area contributed by atoms with Gasteiger partial charge in [-0.15, -0.1) is 11.3 Å². The Bertz CT molecular complexity index is 965. The van der Waals surface area contributed by atoms with Crippen molar-refractivity contribution < 1.29 is 22.8 Å². The van der Waals surface area contributed by atoms with Crippen LogP contribution in [0.25, 0.3) is 0 Å². The summed E-state index contributed by atoms with van der Waals surface area (Å²) in [6.45, 7) is 1.99. The molecule has 1 aromatic carbocycles. The number of carbonyl (C=O) groups excluding carboxylic acids is 2. The highest BCUT2D eigenvalue weighted by molar-refractivity contribution is 7.10. The van der Waals surface area contributed by atoms with Crippen LogP contribution in [0.3, 0.4) is 0 Å². The molecular weight excluding hydrogens is 427 g/mol. The van der Waals surface area contributed by atoms with Gasteiger partial charge in [-0.1, -0.05) is 12.1 Å². The molecule has 1 fully saturated rings. The second kappa shape index (κ2) is 9.00. The van der Waals surface area contributed by atoms with E-state index in [9.17, 15) is 22.8 Å². The summed E-state index contributed by atoms with van der Waals surface area (Å²) < 4.78 is 39.3. The molecular formula is C22H24F3N3O2S. The number of anilines is 1. The van der Waals surface area contributed by atoms with E-state index in [1.807, 2.05) is 15.2 Å². The standard InChI is InChI=1S/C22H24F3N3O2S/c23-22(24,25)17-6-2-3-7-18(17)26-20(29)13-27-9-11-28(12-10-27)21(30)16-14-31-19-8-4-1-5-15(16)19/h2-3,6-7,14H,1,4-5,8-13H2,(H,26,29). The molecule has 5 nitrogen and oxygen atoms in total. The van der Waals surface area contributed by atoms with Gasteiger partial charge < -0.3 is 10.2 Å². The Morgan fingerprint density at radius 3 is 2.48 bits per heavy atom. The number of alkyl halides is 3. The lowest BCUT2D eigenvalue weighted by Crippen LogP contribution is -2.50. The fraction of sp³-hybridized carbons (Fsp3) is 0.455. The SMILES string of the molecule is O=C(CN1CCN(C(=O)c2csc3c2CCCC3)CC1)Nc1ccccc1C(F)(F)F. The lowest BCUT2D eigenvalue weighted by molar-refractivity contribution is -0.137. The molecule has 0 radical (unpaired) electrons. The summed E-state index contributed by atoms with van der Waals surface area (Å²) in [5.41, 5.74) is 0.912. The van der Waals surface area contributed by atoms with Gasteiger partial charge in [0.2, 0.25) is 5.91 Å².